The third kappa shape index (κ3) is 4.98. The maximum Gasteiger partial charge on any atom is 0.158 e. The Hall–Kier alpha value is -2.08. The van der Waals surface area contributed by atoms with Crippen LogP contribution in [0.25, 0.3) is 11.3 Å². The van der Waals surface area contributed by atoms with Crippen LogP contribution in [0.1, 0.15) is 89.8 Å². The highest BCUT2D eigenvalue weighted by atomic mass is 127. The minimum absolute atomic E-state index is 0. The lowest BCUT2D eigenvalue weighted by Crippen LogP contribution is -2.33. The fraction of sp³-hybridized carbons (Fsp3) is 0.433. The van der Waals surface area contributed by atoms with E-state index in [9.17, 15) is 0 Å². The zero-order valence-electron chi connectivity index (χ0n) is 22.0. The van der Waals surface area contributed by atoms with Crippen molar-refractivity contribution in [3.8, 4) is 11.3 Å². The van der Waals surface area contributed by atoms with Crippen LogP contribution in [0.3, 0.4) is 0 Å². The number of nitrogens with zero attached hydrogens (tertiary/aromatic N) is 3. The zero-order chi connectivity index (χ0) is 23.9. The molecule has 2 heterocycles. The minimum atomic E-state index is 0. The molecule has 0 atom stereocenters. The first-order valence-electron chi connectivity index (χ1n) is 12.5. The van der Waals surface area contributed by atoms with Crippen LogP contribution in [0.2, 0.25) is 0 Å². The third-order valence-corrected chi connectivity index (χ3v) is 6.79. The average Bonchev–Trinajstić information content (AvgIpc) is 3.17. The van der Waals surface area contributed by atoms with Gasteiger partial charge in [-0.25, -0.2) is 4.98 Å². The van der Waals surface area contributed by atoms with Crippen LogP contribution in [0.4, 0.5) is 17.2 Å². The molecule has 1 aliphatic rings. The summed E-state index contributed by atoms with van der Waals surface area (Å²) in [5, 5.41) is 0. The Bertz CT molecular complexity index is 1090. The van der Waals surface area contributed by atoms with Crippen LogP contribution >= 0.6 is 24.0 Å². The summed E-state index contributed by atoms with van der Waals surface area (Å²) in [7, 11) is 0. The molecule has 0 radical (unpaired) electrons. The fourth-order valence-electron chi connectivity index (χ4n) is 4.80. The van der Waals surface area contributed by atoms with Crippen LogP contribution in [0.15, 0.2) is 54.6 Å². The molecule has 1 aliphatic heterocycles. The van der Waals surface area contributed by atoms with Crippen LogP contribution in [0.5, 0.6) is 0 Å². The number of aromatic nitrogens is 1. The summed E-state index contributed by atoms with van der Waals surface area (Å²) in [6.45, 7) is 19.1. The maximum atomic E-state index is 5.36. The van der Waals surface area contributed by atoms with Crippen molar-refractivity contribution in [1.82, 2.24) is 4.98 Å². The SMILES string of the molecule is CC(C)c1cc(C(C)C)c(-c2ccc3c(n2)N(c2ccccc2)CN3C(C)C)c(C(C)C)c1.I. The van der Waals surface area contributed by atoms with Crippen molar-refractivity contribution >= 4 is 41.2 Å². The van der Waals surface area contributed by atoms with Gasteiger partial charge >= 0.3 is 0 Å². The number of pyridine rings is 1. The van der Waals surface area contributed by atoms with E-state index in [1.165, 1.54) is 33.6 Å². The molecule has 0 saturated heterocycles. The monoisotopic (exact) mass is 569 g/mol. The zero-order valence-corrected chi connectivity index (χ0v) is 24.3. The van der Waals surface area contributed by atoms with Crippen molar-refractivity contribution in [3.05, 3.63) is 71.3 Å². The molecule has 4 rings (SSSR count). The quantitative estimate of drug-likeness (QED) is 0.276. The molecule has 4 heteroatoms. The average molecular weight is 570 g/mol. The van der Waals surface area contributed by atoms with Gasteiger partial charge in [0.2, 0.25) is 0 Å². The van der Waals surface area contributed by atoms with Crippen molar-refractivity contribution in [3.63, 3.8) is 0 Å². The maximum absolute atomic E-state index is 5.36. The van der Waals surface area contributed by atoms with Crippen molar-refractivity contribution in [2.45, 2.75) is 79.2 Å². The molecule has 0 fully saturated rings. The Morgan fingerprint density at radius 2 is 1.32 bits per heavy atom. The molecule has 2 aromatic carbocycles. The minimum Gasteiger partial charge on any atom is -0.348 e. The fourth-order valence-corrected chi connectivity index (χ4v) is 4.80. The third-order valence-electron chi connectivity index (χ3n) is 6.79. The molecule has 182 valence electrons. The standard InChI is InChI=1S/C30H39N3.HI/c1-19(2)23-16-25(20(3)4)29(26(17-23)21(5)6)27-14-15-28-30(31-27)33(18-32(28)22(7)8)24-12-10-9-11-13-24;/h9-17,19-22H,18H2,1-8H3;1H. The molecule has 0 amide bonds. The van der Waals surface area contributed by atoms with Crippen LogP contribution in [-0.4, -0.2) is 17.7 Å². The number of hydrogen-bond acceptors (Lipinski definition) is 3. The van der Waals surface area contributed by atoms with Gasteiger partial charge in [-0.15, -0.1) is 24.0 Å². The van der Waals surface area contributed by atoms with Crippen molar-refractivity contribution < 1.29 is 0 Å². The van der Waals surface area contributed by atoms with Crippen LogP contribution < -0.4 is 9.80 Å². The lowest BCUT2D eigenvalue weighted by Gasteiger charge is -2.24. The number of fused-ring (bicyclic) bond motifs is 1. The van der Waals surface area contributed by atoms with Gasteiger partial charge in [0.1, 0.15) is 0 Å². The molecule has 0 unspecified atom stereocenters. The molecule has 3 nitrogen and oxygen atoms in total. The highest BCUT2D eigenvalue weighted by molar-refractivity contribution is 14.0. The second-order valence-corrected chi connectivity index (χ2v) is 10.5. The summed E-state index contributed by atoms with van der Waals surface area (Å²) in [4.78, 5) is 10.1. The molecule has 34 heavy (non-hydrogen) atoms. The second kappa shape index (κ2) is 10.7. The normalized spacial score (nSPS) is 13.3. The summed E-state index contributed by atoms with van der Waals surface area (Å²) in [5.41, 5.74) is 9.04. The highest BCUT2D eigenvalue weighted by Gasteiger charge is 2.31. The van der Waals surface area contributed by atoms with Gasteiger partial charge in [-0.1, -0.05) is 71.9 Å². The van der Waals surface area contributed by atoms with E-state index in [0.29, 0.717) is 23.8 Å². The topological polar surface area (TPSA) is 19.4 Å². The Kier molecular flexibility index (Phi) is 8.33. The van der Waals surface area contributed by atoms with E-state index in [1.807, 2.05) is 0 Å². The summed E-state index contributed by atoms with van der Waals surface area (Å²) < 4.78 is 0. The summed E-state index contributed by atoms with van der Waals surface area (Å²) in [6, 6.07) is 20.4. The second-order valence-electron chi connectivity index (χ2n) is 10.5. The Balaban J connectivity index is 0.00000324. The number of para-hydroxylation sites is 1. The van der Waals surface area contributed by atoms with Crippen LogP contribution in [0, 0.1) is 0 Å². The van der Waals surface area contributed by atoms with E-state index >= 15 is 0 Å². The van der Waals surface area contributed by atoms with Crippen molar-refractivity contribution in [1.29, 1.82) is 0 Å². The van der Waals surface area contributed by atoms with Crippen molar-refractivity contribution in [2.24, 2.45) is 0 Å². The molecule has 0 saturated carbocycles. The molecule has 0 spiro atoms. The van der Waals surface area contributed by atoms with E-state index in [2.05, 4.69) is 120 Å². The van der Waals surface area contributed by atoms with Gasteiger partial charge in [-0.2, -0.15) is 0 Å². The first kappa shape index (κ1) is 26.5. The van der Waals surface area contributed by atoms with Gasteiger partial charge in [0.05, 0.1) is 18.1 Å². The van der Waals surface area contributed by atoms with E-state index in [-0.39, 0.29) is 24.0 Å². The van der Waals surface area contributed by atoms with E-state index in [4.69, 9.17) is 4.98 Å². The van der Waals surface area contributed by atoms with Gasteiger partial charge in [0, 0.05) is 17.3 Å². The number of rotatable bonds is 6. The predicted octanol–water partition coefficient (Wildman–Crippen LogP) is 9.06. The largest absolute Gasteiger partial charge is 0.348 e. The molecule has 0 aliphatic carbocycles. The van der Waals surface area contributed by atoms with Gasteiger partial charge < -0.3 is 9.80 Å². The first-order chi connectivity index (χ1) is 15.7. The first-order valence-corrected chi connectivity index (χ1v) is 12.5. The summed E-state index contributed by atoms with van der Waals surface area (Å²) in [5.74, 6) is 2.44. The van der Waals surface area contributed by atoms with Gasteiger partial charge in [0.15, 0.2) is 5.82 Å². The van der Waals surface area contributed by atoms with E-state index in [1.54, 1.807) is 0 Å². The van der Waals surface area contributed by atoms with E-state index in [0.717, 1.165) is 18.2 Å². The van der Waals surface area contributed by atoms with Crippen molar-refractivity contribution in [2.75, 3.05) is 16.5 Å². The molecular weight excluding hydrogens is 529 g/mol. The van der Waals surface area contributed by atoms with Gasteiger partial charge in [-0.05, 0) is 72.6 Å². The van der Waals surface area contributed by atoms with Crippen LogP contribution in [-0.2, 0) is 0 Å². The lowest BCUT2D eigenvalue weighted by atomic mass is 9.83. The number of benzene rings is 2. The summed E-state index contributed by atoms with van der Waals surface area (Å²) >= 11 is 0. The highest BCUT2D eigenvalue weighted by Crippen LogP contribution is 2.44. The molecule has 1 aromatic heterocycles. The molecule has 0 bridgehead atoms. The molecular formula is C30H40IN3. The molecule has 0 N–H and O–H groups in total. The number of anilines is 3. The smallest absolute Gasteiger partial charge is 0.158 e. The number of halogens is 1. The van der Waals surface area contributed by atoms with Gasteiger partial charge in [-0.3, -0.25) is 0 Å². The Morgan fingerprint density at radius 3 is 1.82 bits per heavy atom. The van der Waals surface area contributed by atoms with E-state index < -0.39 is 0 Å². The Labute approximate surface area is 223 Å². The lowest BCUT2D eigenvalue weighted by molar-refractivity contribution is 0.709. The predicted molar refractivity (Wildman–Crippen MR) is 158 cm³/mol. The molecule has 3 aromatic rings. The summed E-state index contributed by atoms with van der Waals surface area (Å²) in [6.07, 6.45) is 0. The number of hydrogen-bond donors (Lipinski definition) is 0. The Morgan fingerprint density at radius 1 is 0.735 bits per heavy atom. The van der Waals surface area contributed by atoms with Gasteiger partial charge in [0.25, 0.3) is 0 Å².